The Hall–Kier alpha value is -3.03. The lowest BCUT2D eigenvalue weighted by atomic mass is 9.78. The van der Waals surface area contributed by atoms with Crippen molar-refractivity contribution in [2.24, 2.45) is 0 Å². The zero-order valence-corrected chi connectivity index (χ0v) is 23.4. The molecule has 0 saturated carbocycles. The van der Waals surface area contributed by atoms with Crippen LogP contribution in [0.3, 0.4) is 0 Å². The molecule has 0 N–H and O–H groups in total. The van der Waals surface area contributed by atoms with Crippen molar-refractivity contribution in [2.75, 3.05) is 6.61 Å². The monoisotopic (exact) mass is 521 g/mol. The summed E-state index contributed by atoms with van der Waals surface area (Å²) in [6.07, 6.45) is -0.316. The van der Waals surface area contributed by atoms with E-state index in [2.05, 4.69) is 113 Å². The summed E-state index contributed by atoms with van der Waals surface area (Å²) < 4.78 is 33.8. The molecule has 0 radical (unpaired) electrons. The number of hydrogen-bond donors (Lipinski definition) is 0. The van der Waals surface area contributed by atoms with Crippen molar-refractivity contribution in [3.63, 3.8) is 0 Å². The van der Waals surface area contributed by atoms with Gasteiger partial charge >= 0.3 is 14.2 Å². The van der Waals surface area contributed by atoms with E-state index in [1.54, 1.807) is 0 Å². The van der Waals surface area contributed by atoms with E-state index in [9.17, 15) is 0 Å². The van der Waals surface area contributed by atoms with Gasteiger partial charge in [0, 0.05) is 16.5 Å². The average Bonchev–Trinajstić information content (AvgIpc) is 3.53. The molecule has 1 aromatic heterocycles. The van der Waals surface area contributed by atoms with Crippen LogP contribution in [0.4, 0.5) is 0 Å². The molecule has 2 fully saturated rings. The topological polar surface area (TPSA) is 51.1 Å². The van der Waals surface area contributed by atoms with Gasteiger partial charge in [0.1, 0.15) is 5.75 Å². The molecule has 3 aliphatic heterocycles. The second kappa shape index (κ2) is 8.48. The third kappa shape index (κ3) is 4.04. The number of aromatic nitrogens is 1. The van der Waals surface area contributed by atoms with Gasteiger partial charge in [-0.1, -0.05) is 48.5 Å². The van der Waals surface area contributed by atoms with Crippen molar-refractivity contribution in [3.05, 3.63) is 78.4 Å². The summed E-state index contributed by atoms with van der Waals surface area (Å²) in [5.41, 5.74) is 5.17. The van der Waals surface area contributed by atoms with Crippen molar-refractivity contribution in [1.82, 2.24) is 4.57 Å². The molecule has 7 rings (SSSR count). The summed E-state index contributed by atoms with van der Waals surface area (Å²) in [6, 6.07) is 25.3. The van der Waals surface area contributed by atoms with E-state index < -0.39 is 18.3 Å². The van der Waals surface area contributed by atoms with E-state index in [0.717, 1.165) is 44.4 Å². The zero-order valence-electron chi connectivity index (χ0n) is 23.4. The first-order valence-corrected chi connectivity index (χ1v) is 13.7. The fourth-order valence-corrected chi connectivity index (χ4v) is 5.64. The highest BCUT2D eigenvalue weighted by atomic mass is 16.7. The highest BCUT2D eigenvalue weighted by Crippen LogP contribution is 2.44. The van der Waals surface area contributed by atoms with Gasteiger partial charge in [0.2, 0.25) is 6.23 Å². The molecular formula is C31H33B2NO5. The van der Waals surface area contributed by atoms with Crippen LogP contribution in [-0.4, -0.2) is 42.2 Å². The maximum atomic E-state index is 6.77. The second-order valence-corrected chi connectivity index (χ2v) is 12.5. The van der Waals surface area contributed by atoms with Crippen molar-refractivity contribution < 1.29 is 23.4 Å². The van der Waals surface area contributed by atoms with Gasteiger partial charge in [0.05, 0.1) is 34.6 Å². The third-order valence-corrected chi connectivity index (χ3v) is 8.51. The molecule has 39 heavy (non-hydrogen) atoms. The van der Waals surface area contributed by atoms with E-state index in [-0.39, 0.29) is 18.9 Å². The normalized spacial score (nSPS) is 22.6. The van der Waals surface area contributed by atoms with E-state index in [1.165, 1.54) is 0 Å². The van der Waals surface area contributed by atoms with Crippen molar-refractivity contribution >= 4 is 36.1 Å². The maximum Gasteiger partial charge on any atom is 0.494 e. The fraction of sp³-hybridized carbons (Fsp3) is 0.355. The van der Waals surface area contributed by atoms with Crippen LogP contribution in [0.5, 0.6) is 5.75 Å². The highest BCUT2D eigenvalue weighted by Gasteiger charge is 2.52. The highest BCUT2D eigenvalue weighted by molar-refractivity contribution is 6.62. The van der Waals surface area contributed by atoms with Gasteiger partial charge in [-0.15, -0.1) is 0 Å². The van der Waals surface area contributed by atoms with Gasteiger partial charge in [-0.3, -0.25) is 0 Å². The first-order valence-electron chi connectivity index (χ1n) is 13.7. The van der Waals surface area contributed by atoms with Gasteiger partial charge in [-0.05, 0) is 76.7 Å². The van der Waals surface area contributed by atoms with Crippen LogP contribution < -0.4 is 15.7 Å². The molecule has 0 spiro atoms. The molecule has 2 saturated heterocycles. The van der Waals surface area contributed by atoms with Gasteiger partial charge in [0.15, 0.2) is 0 Å². The number of rotatable bonds is 3. The second-order valence-electron chi connectivity index (χ2n) is 12.5. The summed E-state index contributed by atoms with van der Waals surface area (Å²) in [4.78, 5) is 0. The van der Waals surface area contributed by atoms with Crippen molar-refractivity contribution in [1.29, 1.82) is 0 Å². The van der Waals surface area contributed by atoms with Gasteiger partial charge in [0.25, 0.3) is 0 Å². The molecule has 3 aliphatic rings. The Morgan fingerprint density at radius 3 is 2.13 bits per heavy atom. The molecule has 6 nitrogen and oxygen atoms in total. The van der Waals surface area contributed by atoms with E-state index in [4.69, 9.17) is 23.4 Å². The SMILES string of the molecule is CC1(C)COB(c2ccc3c(c2)cc2n3C(c3ccccc3)Oc3cc(B4OC(C)(C)C(C)(C)O4)ccc3-2)O1. The minimum atomic E-state index is -0.454. The van der Waals surface area contributed by atoms with Crippen LogP contribution in [0.15, 0.2) is 72.8 Å². The smallest absolute Gasteiger partial charge is 0.465 e. The Labute approximate surface area is 230 Å². The van der Waals surface area contributed by atoms with Crippen LogP contribution in [0.2, 0.25) is 0 Å². The lowest BCUT2D eigenvalue weighted by molar-refractivity contribution is 0.00578. The van der Waals surface area contributed by atoms with Crippen LogP contribution in [-0.2, 0) is 18.6 Å². The van der Waals surface area contributed by atoms with Gasteiger partial charge < -0.3 is 27.9 Å². The molecule has 198 valence electrons. The standard InChI is InChI=1S/C31H33B2NO5/c1-29(2)19-35-32(37-29)22-13-15-25-21(16-22)17-26-24-14-12-23(33-38-30(3,4)31(5,6)39-33)18-27(24)36-28(34(25)26)20-10-8-7-9-11-20/h7-18,28H,19H2,1-6H3. The number of fused-ring (bicyclic) bond motifs is 5. The first kappa shape index (κ1) is 25.0. The number of nitrogens with zero attached hydrogens (tertiary/aromatic N) is 1. The number of ether oxygens (including phenoxy) is 1. The first-order chi connectivity index (χ1) is 18.5. The van der Waals surface area contributed by atoms with Gasteiger partial charge in [-0.2, -0.15) is 0 Å². The molecule has 3 aromatic carbocycles. The van der Waals surface area contributed by atoms with E-state index in [1.807, 2.05) is 6.07 Å². The molecule has 8 heteroatoms. The largest absolute Gasteiger partial charge is 0.494 e. The maximum absolute atomic E-state index is 6.77. The Bertz CT molecular complexity index is 1560. The molecule has 0 bridgehead atoms. The Kier molecular flexibility index (Phi) is 5.43. The molecular weight excluding hydrogens is 488 g/mol. The quantitative estimate of drug-likeness (QED) is 0.353. The third-order valence-electron chi connectivity index (χ3n) is 8.51. The summed E-state index contributed by atoms with van der Waals surface area (Å²) >= 11 is 0. The minimum absolute atomic E-state index is 0.292. The lowest BCUT2D eigenvalue weighted by Gasteiger charge is -2.32. The Balaban J connectivity index is 1.33. The average molecular weight is 521 g/mol. The number of benzene rings is 3. The predicted molar refractivity (Wildman–Crippen MR) is 155 cm³/mol. The summed E-state index contributed by atoms with van der Waals surface area (Å²) in [6.45, 7) is 13.0. The van der Waals surface area contributed by atoms with Crippen molar-refractivity contribution in [2.45, 2.75) is 64.6 Å². The van der Waals surface area contributed by atoms with Crippen molar-refractivity contribution in [3.8, 4) is 17.0 Å². The molecule has 0 aliphatic carbocycles. The van der Waals surface area contributed by atoms with Crippen LogP contribution >= 0.6 is 0 Å². The van der Waals surface area contributed by atoms with Crippen LogP contribution in [0.25, 0.3) is 22.2 Å². The molecule has 1 unspecified atom stereocenters. The van der Waals surface area contributed by atoms with E-state index in [0.29, 0.717) is 6.61 Å². The predicted octanol–water partition coefficient (Wildman–Crippen LogP) is 5.07. The zero-order chi connectivity index (χ0) is 27.2. The molecule has 0 amide bonds. The molecule has 1 atom stereocenters. The van der Waals surface area contributed by atoms with E-state index >= 15 is 0 Å². The number of hydrogen-bond acceptors (Lipinski definition) is 5. The Morgan fingerprint density at radius 1 is 0.744 bits per heavy atom. The lowest BCUT2D eigenvalue weighted by Crippen LogP contribution is -2.41. The van der Waals surface area contributed by atoms with Crippen LogP contribution in [0.1, 0.15) is 53.3 Å². The summed E-state index contributed by atoms with van der Waals surface area (Å²) in [5.74, 6) is 0.816. The van der Waals surface area contributed by atoms with Gasteiger partial charge in [-0.25, -0.2) is 0 Å². The Morgan fingerprint density at radius 2 is 1.44 bits per heavy atom. The summed E-state index contributed by atoms with van der Waals surface area (Å²) in [7, 11) is -0.817. The molecule has 4 heterocycles. The molecule has 4 aromatic rings. The summed E-state index contributed by atoms with van der Waals surface area (Å²) in [5, 5.41) is 1.12. The minimum Gasteiger partial charge on any atom is -0.465 e. The van der Waals surface area contributed by atoms with Crippen LogP contribution in [0, 0.1) is 0 Å². The fourth-order valence-electron chi connectivity index (χ4n) is 5.64.